The van der Waals surface area contributed by atoms with Crippen LogP contribution in [0.5, 0.6) is 0 Å². The average Bonchev–Trinajstić information content (AvgIpc) is 1.53. The summed E-state index contributed by atoms with van der Waals surface area (Å²) < 4.78 is 50.8. The second-order valence-electron chi connectivity index (χ2n) is 36.0. The summed E-state index contributed by atoms with van der Waals surface area (Å²) in [6, 6.07) is 139. The summed E-state index contributed by atoms with van der Waals surface area (Å²) in [6.07, 6.45) is 0. The van der Waals surface area contributed by atoms with E-state index in [2.05, 4.69) is 296 Å². The van der Waals surface area contributed by atoms with Crippen molar-refractivity contribution in [3.63, 3.8) is 0 Å². The largest absolute Gasteiger partial charge is 0.456 e. The fraction of sp³-hybridized carbons (Fsp3) is 0. The van der Waals surface area contributed by atoms with E-state index in [0.717, 1.165) is 207 Å². The van der Waals surface area contributed by atoms with Crippen LogP contribution in [-0.2, 0) is 0 Å². The van der Waals surface area contributed by atoms with Crippen LogP contribution in [0.15, 0.2) is 424 Å². The average molecular weight is 1940 g/mol. The molecule has 12 nitrogen and oxygen atoms in total. The Balaban J connectivity index is 0.000000103. The van der Waals surface area contributed by atoms with Crippen molar-refractivity contribution < 1.29 is 22.1 Å². The lowest BCUT2D eigenvalue weighted by Gasteiger charge is -2.10. The molecule has 31 aromatic rings. The molecule has 144 heavy (non-hydrogen) atoms. The highest BCUT2D eigenvalue weighted by Crippen LogP contribution is 2.48. The van der Waals surface area contributed by atoms with Crippen LogP contribution in [0.25, 0.3) is 307 Å². The highest BCUT2D eigenvalue weighted by molar-refractivity contribution is 7.27. The Morgan fingerprint density at radius 1 is 0.174 bits per heavy atom. The molecule has 31 rings (SSSR count). The first-order chi connectivity index (χ1) is 71.0. The molecular weight excluding hydrogens is 1870 g/mol. The minimum Gasteiger partial charge on any atom is -0.456 e. The summed E-state index contributed by atoms with van der Waals surface area (Å²) in [5.74, 6) is 2.85. The number of aromatic nitrogens is 7. The Morgan fingerprint density at radius 2 is 0.444 bits per heavy atom. The van der Waals surface area contributed by atoms with Crippen molar-refractivity contribution in [2.24, 2.45) is 0 Å². The van der Waals surface area contributed by atoms with Gasteiger partial charge in [-0.25, -0.2) is 44.1 Å². The Hall–Kier alpha value is -17.9. The van der Waals surface area contributed by atoms with Gasteiger partial charge in [0, 0.05) is 189 Å². The third kappa shape index (κ3) is 14.3. The number of thiophene rings is 5. The molecule has 0 N–H and O–H groups in total. The molecule has 19 aromatic carbocycles. The van der Waals surface area contributed by atoms with Crippen LogP contribution in [0.4, 0.5) is 10.1 Å². The maximum Gasteiger partial charge on any atom is 0.188 e. The van der Waals surface area contributed by atoms with Crippen molar-refractivity contribution in [2.45, 2.75) is 0 Å². The van der Waals surface area contributed by atoms with E-state index in [1.54, 1.807) is 51.4 Å². The van der Waals surface area contributed by atoms with E-state index in [4.69, 9.17) is 59.1 Å². The summed E-state index contributed by atoms with van der Waals surface area (Å²) in [5, 5.41) is 20.6. The Kier molecular flexibility index (Phi) is 19.3. The zero-order valence-corrected chi connectivity index (χ0v) is 79.9. The molecule has 0 saturated heterocycles. The number of hydrogen-bond donors (Lipinski definition) is 0. The van der Waals surface area contributed by atoms with E-state index >= 15 is 0 Å². The first-order valence-electron chi connectivity index (χ1n) is 47.1. The first kappa shape index (κ1) is 83.1. The van der Waals surface area contributed by atoms with Gasteiger partial charge >= 0.3 is 0 Å². The second kappa shape index (κ2) is 33.4. The van der Waals surface area contributed by atoms with Crippen molar-refractivity contribution in [3.05, 3.63) is 424 Å². The van der Waals surface area contributed by atoms with Crippen LogP contribution in [0.3, 0.4) is 0 Å². The van der Waals surface area contributed by atoms with Crippen molar-refractivity contribution in [1.82, 2.24) is 34.9 Å². The predicted octanol–water partition coefficient (Wildman–Crippen LogP) is 37.6. The highest BCUT2D eigenvalue weighted by atomic mass is 32.1. The fourth-order valence-electron chi connectivity index (χ4n) is 20.4. The molecule has 12 aromatic heterocycles. The molecule has 0 aliphatic carbocycles. The van der Waals surface area contributed by atoms with Gasteiger partial charge in [0.2, 0.25) is 0 Å². The number of hydrogen-bond acceptors (Lipinski definition) is 16. The van der Waals surface area contributed by atoms with Crippen molar-refractivity contribution in [3.8, 4) is 113 Å². The molecule has 0 spiro atoms. The summed E-state index contributed by atoms with van der Waals surface area (Å²) in [4.78, 5) is 39.6. The zero-order valence-electron chi connectivity index (χ0n) is 75.8. The van der Waals surface area contributed by atoms with Crippen LogP contribution < -0.4 is 0 Å². The van der Waals surface area contributed by atoms with Crippen LogP contribution in [0.1, 0.15) is 0 Å². The van der Waals surface area contributed by atoms with Gasteiger partial charge in [-0.05, 0) is 199 Å². The number of benzene rings is 19. The number of fused-ring (bicyclic) bond motifs is 27. The molecule has 0 saturated carbocycles. The highest BCUT2D eigenvalue weighted by Gasteiger charge is 2.24. The van der Waals surface area contributed by atoms with E-state index in [0.29, 0.717) is 34.8 Å². The van der Waals surface area contributed by atoms with E-state index < -0.39 is 0 Å². The fourth-order valence-corrected chi connectivity index (χ4v) is 26.1. The van der Waals surface area contributed by atoms with E-state index in [9.17, 15) is 4.39 Å². The Labute approximate surface area is 837 Å². The molecular formula is C126H67FN8O4S5. The van der Waals surface area contributed by atoms with E-state index in [-0.39, 0.29) is 5.82 Å². The maximum absolute atomic E-state index is 14.0. The van der Waals surface area contributed by atoms with Crippen molar-refractivity contribution in [1.29, 1.82) is 0 Å². The second-order valence-corrected chi connectivity index (χ2v) is 41.5. The molecule has 12 heterocycles. The quantitative estimate of drug-likeness (QED) is 0.121. The number of para-hydroxylation sites is 3. The minimum atomic E-state index is -0.224. The molecule has 0 unspecified atom stereocenters. The third-order valence-electron chi connectivity index (χ3n) is 27.4. The van der Waals surface area contributed by atoms with Crippen LogP contribution in [0, 0.1) is 12.4 Å². The molecule has 0 atom stereocenters. The molecule has 672 valence electrons. The van der Waals surface area contributed by atoms with Gasteiger partial charge in [-0.15, -0.1) is 56.7 Å². The molecule has 0 aliphatic rings. The Bertz CT molecular complexity index is 10900. The van der Waals surface area contributed by atoms with Crippen molar-refractivity contribution in [2.75, 3.05) is 0 Å². The minimum absolute atomic E-state index is 0.224. The number of nitrogens with zero attached hydrogens (tertiary/aromatic N) is 8. The van der Waals surface area contributed by atoms with Crippen LogP contribution >= 0.6 is 56.7 Å². The summed E-state index contributed by atoms with van der Waals surface area (Å²) in [5.41, 5.74) is 21.7. The SMILES string of the molecule is Fc1ccc2c(c1)sc1cc(-c3nc(-c4ccc5c(c4)sc4ccccc45)cc(-c4ccc5oc6ccccc6c5c4)n3)ccc12.[C-]#[N+]c1ccc2c(c1)sc1cc(-c3nc(-c4ccc5c(c4)sc4ccccc45)cc(-c4ccc5oc6ccccc6c5c4)n3)ccc12.c1ccc(-c2ccc3c(c2)oc2cc(-c4nc(-c5ccc6c(c5)oc5ccccc56)nc(-c5ccc6sc7ccccc7c6c5)n4)ccc23)cc1. The lowest BCUT2D eigenvalue weighted by molar-refractivity contribution is 0.630. The molecule has 0 amide bonds. The number of halogens is 1. The third-order valence-corrected chi connectivity index (χ3v) is 33.1. The van der Waals surface area contributed by atoms with Gasteiger partial charge in [0.05, 0.1) is 29.3 Å². The first-order valence-corrected chi connectivity index (χ1v) is 51.2. The Morgan fingerprint density at radius 3 is 0.917 bits per heavy atom. The summed E-state index contributed by atoms with van der Waals surface area (Å²) in [6.45, 7) is 7.44. The monoisotopic (exact) mass is 1930 g/mol. The van der Waals surface area contributed by atoms with Gasteiger partial charge in [-0.3, -0.25) is 0 Å². The topological polar surface area (TPSA) is 147 Å². The van der Waals surface area contributed by atoms with Gasteiger partial charge in [0.25, 0.3) is 0 Å². The smallest absolute Gasteiger partial charge is 0.188 e. The normalized spacial score (nSPS) is 11.9. The molecule has 0 radical (unpaired) electrons. The summed E-state index contributed by atoms with van der Waals surface area (Å²) >= 11 is 8.70. The molecule has 0 bridgehead atoms. The zero-order chi connectivity index (χ0) is 94.9. The van der Waals surface area contributed by atoms with Gasteiger partial charge in [-0.1, -0.05) is 224 Å². The van der Waals surface area contributed by atoms with Gasteiger partial charge < -0.3 is 17.7 Å². The molecule has 0 fully saturated rings. The lowest BCUT2D eigenvalue weighted by atomic mass is 10.0. The lowest BCUT2D eigenvalue weighted by Crippen LogP contribution is -2.00. The van der Waals surface area contributed by atoms with Crippen LogP contribution in [-0.4, -0.2) is 34.9 Å². The maximum atomic E-state index is 14.0. The number of furan rings is 4. The molecule has 18 heteroatoms. The van der Waals surface area contributed by atoms with Gasteiger partial charge in [0.1, 0.15) is 50.5 Å². The standard InChI is InChI=1S/C45H25N3O2S.C41H21N3OS2.C40H21FN2OS2/c1-2-8-26(9-3-1)27-14-18-33-34-20-16-30(25-40(34)50-38(33)23-27)45-47-43(28-17-21-42-36(22-28)35-11-5-7-13-41(35)51-42)46-44(48-45)29-15-19-32-31-10-4-6-12-37(31)49-39(32)24-29;1-42-26-13-16-31-30-15-11-25(20-39(30)47-40(31)21-26)41-43-33(23-12-17-36-32(18-23)27-6-2-4-8-35(27)45-36)22-34(44-41)24-10-14-29-28-7-3-5-9-37(28)46-38(29)19-24;41-25-12-15-30-29-14-10-24(19-38(29)46-39(30)20-25)40-42-32(22-11-16-35-31(17-22)26-5-1-3-7-34(26)44-35)21-33(43-40)23-9-13-28-27-6-2-4-8-36(27)45-37(28)18-23/h1-25H;2-22H;1-21H. The van der Waals surface area contributed by atoms with E-state index in [1.165, 1.54) is 72.0 Å². The van der Waals surface area contributed by atoms with Gasteiger partial charge in [-0.2, -0.15) is 0 Å². The molecule has 0 aliphatic heterocycles. The predicted molar refractivity (Wildman–Crippen MR) is 598 cm³/mol. The van der Waals surface area contributed by atoms with Gasteiger partial charge in [0.15, 0.2) is 34.8 Å². The number of rotatable bonds is 10. The summed E-state index contributed by atoms with van der Waals surface area (Å²) in [7, 11) is 0. The van der Waals surface area contributed by atoms with Crippen molar-refractivity contribution >= 4 is 251 Å². The van der Waals surface area contributed by atoms with Crippen LogP contribution in [0.2, 0.25) is 0 Å². The van der Waals surface area contributed by atoms with E-state index in [1.807, 2.05) is 114 Å².